The molecule has 1 heterocycles. The molecule has 0 saturated heterocycles. The number of rotatable bonds is 5. The standard InChI is InChI=1S/C9H13N5O3/c10-3-6-4-14(13-12-6)5-7(15)11-9(1-2-9)8(16)17/h4H,1-3,5,10H2,(H,11,15)(H,16,17). The Labute approximate surface area is 96.8 Å². The molecule has 0 aromatic carbocycles. The zero-order valence-corrected chi connectivity index (χ0v) is 9.09. The summed E-state index contributed by atoms with van der Waals surface area (Å²) in [5, 5.41) is 18.8. The van der Waals surface area contributed by atoms with E-state index in [1.165, 1.54) is 4.68 Å². The van der Waals surface area contributed by atoms with E-state index >= 15 is 0 Å². The fourth-order valence-electron chi connectivity index (χ4n) is 1.48. The molecule has 0 atom stereocenters. The molecule has 1 aromatic rings. The molecule has 0 spiro atoms. The van der Waals surface area contributed by atoms with E-state index in [0.717, 1.165) is 0 Å². The number of nitrogens with two attached hydrogens (primary N) is 1. The Balaban J connectivity index is 1.91. The molecule has 1 aliphatic rings. The Kier molecular flexibility index (Phi) is 2.80. The summed E-state index contributed by atoms with van der Waals surface area (Å²) in [5.74, 6) is -1.38. The Bertz CT molecular complexity index is 451. The van der Waals surface area contributed by atoms with Gasteiger partial charge in [-0.15, -0.1) is 5.10 Å². The molecule has 0 unspecified atom stereocenters. The van der Waals surface area contributed by atoms with Gasteiger partial charge in [-0.25, -0.2) is 9.48 Å². The van der Waals surface area contributed by atoms with Crippen molar-refractivity contribution in [2.24, 2.45) is 5.73 Å². The molecule has 0 aliphatic heterocycles. The number of aromatic nitrogens is 3. The molecule has 2 rings (SSSR count). The largest absolute Gasteiger partial charge is 0.480 e. The zero-order chi connectivity index (χ0) is 12.5. The van der Waals surface area contributed by atoms with Gasteiger partial charge in [-0.2, -0.15) is 0 Å². The van der Waals surface area contributed by atoms with Crippen LogP contribution in [0.4, 0.5) is 0 Å². The minimum absolute atomic E-state index is 0.0535. The maximum absolute atomic E-state index is 11.6. The maximum atomic E-state index is 11.6. The number of nitrogens with zero attached hydrogens (tertiary/aromatic N) is 3. The highest BCUT2D eigenvalue weighted by Gasteiger charge is 2.51. The molecule has 1 saturated carbocycles. The lowest BCUT2D eigenvalue weighted by molar-refractivity contribution is -0.143. The molecular formula is C9H13N5O3. The average Bonchev–Trinajstić information content (AvgIpc) is 2.91. The van der Waals surface area contributed by atoms with Crippen LogP contribution in [0.1, 0.15) is 18.5 Å². The summed E-state index contributed by atoms with van der Waals surface area (Å²) >= 11 is 0. The molecule has 1 fully saturated rings. The van der Waals surface area contributed by atoms with E-state index in [-0.39, 0.29) is 13.1 Å². The molecule has 1 aliphatic carbocycles. The highest BCUT2D eigenvalue weighted by molar-refractivity contribution is 5.89. The van der Waals surface area contributed by atoms with Crippen molar-refractivity contribution in [3.05, 3.63) is 11.9 Å². The summed E-state index contributed by atoms with van der Waals surface area (Å²) in [6, 6.07) is 0. The van der Waals surface area contributed by atoms with Gasteiger partial charge in [0.25, 0.3) is 0 Å². The third-order valence-electron chi connectivity index (χ3n) is 2.64. The molecule has 4 N–H and O–H groups in total. The predicted octanol–water partition coefficient (Wildman–Crippen LogP) is -1.53. The van der Waals surface area contributed by atoms with Crippen molar-refractivity contribution in [3.63, 3.8) is 0 Å². The van der Waals surface area contributed by atoms with Crippen molar-refractivity contribution in [2.45, 2.75) is 31.5 Å². The number of carbonyl (C=O) groups is 2. The highest BCUT2D eigenvalue weighted by Crippen LogP contribution is 2.35. The first-order valence-electron chi connectivity index (χ1n) is 5.19. The number of hydrogen-bond donors (Lipinski definition) is 3. The van der Waals surface area contributed by atoms with Crippen LogP contribution in [-0.4, -0.2) is 37.5 Å². The van der Waals surface area contributed by atoms with Crippen LogP contribution in [0.15, 0.2) is 6.20 Å². The molecule has 1 aromatic heterocycles. The van der Waals surface area contributed by atoms with Crippen LogP contribution in [0.2, 0.25) is 0 Å². The van der Waals surface area contributed by atoms with E-state index < -0.39 is 17.4 Å². The lowest BCUT2D eigenvalue weighted by atomic mass is 10.3. The minimum atomic E-state index is -1.06. The summed E-state index contributed by atoms with van der Waals surface area (Å²) in [7, 11) is 0. The Morgan fingerprint density at radius 2 is 2.29 bits per heavy atom. The fraction of sp³-hybridized carbons (Fsp3) is 0.556. The summed E-state index contributed by atoms with van der Waals surface area (Å²) in [6.45, 7) is 0.197. The second-order valence-electron chi connectivity index (χ2n) is 4.05. The van der Waals surface area contributed by atoms with E-state index in [4.69, 9.17) is 10.8 Å². The van der Waals surface area contributed by atoms with Gasteiger partial charge < -0.3 is 16.2 Å². The Morgan fingerprint density at radius 1 is 1.59 bits per heavy atom. The zero-order valence-electron chi connectivity index (χ0n) is 9.09. The predicted molar refractivity (Wildman–Crippen MR) is 55.7 cm³/mol. The number of carboxylic acids is 1. The molecule has 8 nitrogen and oxygen atoms in total. The Hall–Kier alpha value is -1.96. The average molecular weight is 239 g/mol. The third kappa shape index (κ3) is 2.41. The van der Waals surface area contributed by atoms with Gasteiger partial charge in [0.05, 0.1) is 11.9 Å². The molecule has 17 heavy (non-hydrogen) atoms. The third-order valence-corrected chi connectivity index (χ3v) is 2.64. The number of carbonyl (C=O) groups excluding carboxylic acids is 1. The highest BCUT2D eigenvalue weighted by atomic mass is 16.4. The molecule has 8 heteroatoms. The van der Waals surface area contributed by atoms with E-state index in [2.05, 4.69) is 15.6 Å². The van der Waals surface area contributed by atoms with Gasteiger partial charge in [0.15, 0.2) is 0 Å². The van der Waals surface area contributed by atoms with E-state index in [1.807, 2.05) is 0 Å². The molecule has 0 bridgehead atoms. The van der Waals surface area contributed by atoms with Crippen molar-refractivity contribution in [2.75, 3.05) is 0 Å². The fourth-order valence-corrected chi connectivity index (χ4v) is 1.48. The quantitative estimate of drug-likeness (QED) is 0.572. The first kappa shape index (κ1) is 11.5. The van der Waals surface area contributed by atoms with Gasteiger partial charge in [-0.1, -0.05) is 5.21 Å². The summed E-state index contributed by atoms with van der Waals surface area (Å²) in [6.07, 6.45) is 2.50. The number of amides is 1. The van der Waals surface area contributed by atoms with Gasteiger partial charge in [-0.3, -0.25) is 4.79 Å². The topological polar surface area (TPSA) is 123 Å². The maximum Gasteiger partial charge on any atom is 0.329 e. The Morgan fingerprint density at radius 3 is 2.76 bits per heavy atom. The second-order valence-corrected chi connectivity index (χ2v) is 4.05. The molecular weight excluding hydrogens is 226 g/mol. The van der Waals surface area contributed by atoms with Crippen LogP contribution in [0, 0.1) is 0 Å². The molecule has 92 valence electrons. The number of nitrogens with one attached hydrogen (secondary N) is 1. The van der Waals surface area contributed by atoms with Crippen molar-refractivity contribution in [1.29, 1.82) is 0 Å². The van der Waals surface area contributed by atoms with Crippen LogP contribution < -0.4 is 11.1 Å². The van der Waals surface area contributed by atoms with Crippen LogP contribution >= 0.6 is 0 Å². The van der Waals surface area contributed by atoms with Crippen molar-refractivity contribution in [3.8, 4) is 0 Å². The summed E-state index contributed by atoms with van der Waals surface area (Å²) < 4.78 is 1.33. The van der Waals surface area contributed by atoms with Gasteiger partial charge in [-0.05, 0) is 12.8 Å². The first-order valence-corrected chi connectivity index (χ1v) is 5.19. The van der Waals surface area contributed by atoms with Crippen molar-refractivity contribution >= 4 is 11.9 Å². The van der Waals surface area contributed by atoms with Crippen molar-refractivity contribution < 1.29 is 14.7 Å². The van der Waals surface area contributed by atoms with Crippen LogP contribution in [0.3, 0.4) is 0 Å². The lowest BCUT2D eigenvalue weighted by Crippen LogP contribution is -2.44. The lowest BCUT2D eigenvalue weighted by Gasteiger charge is -2.11. The monoisotopic (exact) mass is 239 g/mol. The van der Waals surface area contributed by atoms with Crippen LogP contribution in [0.25, 0.3) is 0 Å². The normalized spacial score (nSPS) is 16.5. The summed E-state index contributed by atoms with van der Waals surface area (Å²) in [4.78, 5) is 22.4. The van der Waals surface area contributed by atoms with E-state index in [1.54, 1.807) is 6.20 Å². The van der Waals surface area contributed by atoms with Crippen molar-refractivity contribution in [1.82, 2.24) is 20.3 Å². The van der Waals surface area contributed by atoms with Gasteiger partial charge in [0, 0.05) is 6.54 Å². The number of aliphatic carboxylic acids is 1. The molecule has 0 radical (unpaired) electrons. The van der Waals surface area contributed by atoms with Gasteiger partial charge in [0.2, 0.25) is 5.91 Å². The summed E-state index contributed by atoms with van der Waals surface area (Å²) in [5.41, 5.74) is 4.87. The number of hydrogen-bond acceptors (Lipinski definition) is 5. The van der Waals surface area contributed by atoms with Gasteiger partial charge >= 0.3 is 5.97 Å². The molecule has 1 amide bonds. The minimum Gasteiger partial charge on any atom is -0.480 e. The smallest absolute Gasteiger partial charge is 0.329 e. The SMILES string of the molecule is NCc1cn(CC(=O)NC2(C(=O)O)CC2)nn1. The van der Waals surface area contributed by atoms with Crippen LogP contribution in [-0.2, 0) is 22.7 Å². The first-order chi connectivity index (χ1) is 8.05. The van der Waals surface area contributed by atoms with E-state index in [0.29, 0.717) is 18.5 Å². The second kappa shape index (κ2) is 4.13. The van der Waals surface area contributed by atoms with Gasteiger partial charge in [0.1, 0.15) is 12.1 Å². The number of carboxylic acid groups (broad SMARTS) is 1. The van der Waals surface area contributed by atoms with Crippen LogP contribution in [0.5, 0.6) is 0 Å². The van der Waals surface area contributed by atoms with E-state index in [9.17, 15) is 9.59 Å².